The lowest BCUT2D eigenvalue weighted by atomic mass is 10.1. The number of ether oxygens (including phenoxy) is 2. The molecule has 0 fully saturated rings. The van der Waals surface area contributed by atoms with Crippen LogP contribution in [0.4, 0.5) is 21.0 Å². The third kappa shape index (κ3) is 20.5. The maximum Gasteiger partial charge on any atom is 0.411 e. The van der Waals surface area contributed by atoms with E-state index in [1.54, 1.807) is 24.3 Å². The average Bonchev–Trinajstić information content (AvgIpc) is 2.99. The number of benzene rings is 1. The first-order chi connectivity index (χ1) is 20.5. The number of unbranched alkanes of at least 4 members (excludes halogenated alkanes) is 10. The van der Waals surface area contributed by atoms with Gasteiger partial charge in [-0.1, -0.05) is 79.1 Å². The fourth-order valence-electron chi connectivity index (χ4n) is 4.88. The van der Waals surface area contributed by atoms with Gasteiger partial charge in [-0.15, -0.1) is 0 Å². The molecular formula is C34H62N4O4. The van der Waals surface area contributed by atoms with Crippen LogP contribution in [0.25, 0.3) is 0 Å². The van der Waals surface area contributed by atoms with Gasteiger partial charge in [-0.25, -0.2) is 9.59 Å². The molecule has 0 heterocycles. The average molecular weight is 591 g/mol. The summed E-state index contributed by atoms with van der Waals surface area (Å²) in [5.41, 5.74) is 1.23. The Morgan fingerprint density at radius 2 is 0.857 bits per heavy atom. The minimum Gasteiger partial charge on any atom is -0.449 e. The molecule has 0 spiro atoms. The van der Waals surface area contributed by atoms with Gasteiger partial charge in [0.25, 0.3) is 0 Å². The molecule has 0 unspecified atom stereocenters. The monoisotopic (exact) mass is 590 g/mol. The molecule has 0 atom stereocenters. The fourth-order valence-corrected chi connectivity index (χ4v) is 4.88. The molecule has 0 bridgehead atoms. The van der Waals surface area contributed by atoms with Crippen LogP contribution in [-0.2, 0) is 9.47 Å². The van der Waals surface area contributed by atoms with Crippen LogP contribution >= 0.6 is 0 Å². The van der Waals surface area contributed by atoms with E-state index in [-0.39, 0.29) is 0 Å². The fraction of sp³-hybridized carbons (Fsp3) is 0.765. The van der Waals surface area contributed by atoms with E-state index < -0.39 is 12.2 Å². The maximum absolute atomic E-state index is 12.1. The van der Waals surface area contributed by atoms with E-state index in [0.29, 0.717) is 24.6 Å². The van der Waals surface area contributed by atoms with Gasteiger partial charge in [0, 0.05) is 11.4 Å². The van der Waals surface area contributed by atoms with Crippen LogP contribution in [0.15, 0.2) is 24.3 Å². The molecule has 0 aliphatic heterocycles. The van der Waals surface area contributed by atoms with Crippen LogP contribution in [0.3, 0.4) is 0 Å². The highest BCUT2D eigenvalue weighted by Crippen LogP contribution is 2.14. The van der Waals surface area contributed by atoms with Crippen LogP contribution in [0.2, 0.25) is 0 Å². The van der Waals surface area contributed by atoms with Crippen LogP contribution in [0.5, 0.6) is 0 Å². The zero-order valence-corrected chi connectivity index (χ0v) is 27.4. The normalized spacial score (nSPS) is 11.2. The van der Waals surface area contributed by atoms with Crippen molar-refractivity contribution in [3.8, 4) is 0 Å². The summed E-state index contributed by atoms with van der Waals surface area (Å²) in [7, 11) is 0. The van der Waals surface area contributed by atoms with E-state index in [4.69, 9.17) is 9.47 Å². The Balaban J connectivity index is 2.14. The van der Waals surface area contributed by atoms with Gasteiger partial charge in [-0.3, -0.25) is 10.6 Å². The molecule has 8 nitrogen and oxygen atoms in total. The van der Waals surface area contributed by atoms with Crippen LogP contribution in [-0.4, -0.2) is 74.5 Å². The van der Waals surface area contributed by atoms with Gasteiger partial charge in [-0.05, 0) is 102 Å². The number of anilines is 2. The number of nitrogens with one attached hydrogen (secondary N) is 2. The molecule has 0 saturated heterocycles. The second kappa shape index (κ2) is 26.3. The van der Waals surface area contributed by atoms with E-state index in [1.165, 1.54) is 64.2 Å². The van der Waals surface area contributed by atoms with Crippen molar-refractivity contribution in [1.29, 1.82) is 0 Å². The first-order valence-corrected chi connectivity index (χ1v) is 16.9. The van der Waals surface area contributed by atoms with Crippen molar-refractivity contribution in [1.82, 2.24) is 9.80 Å². The number of carbonyl (C=O) groups is 2. The van der Waals surface area contributed by atoms with Gasteiger partial charge >= 0.3 is 12.2 Å². The molecule has 0 radical (unpaired) electrons. The first kappa shape index (κ1) is 37.7. The lowest BCUT2D eigenvalue weighted by Gasteiger charge is -2.20. The molecule has 42 heavy (non-hydrogen) atoms. The molecule has 1 aromatic rings. The summed E-state index contributed by atoms with van der Waals surface area (Å²) in [5, 5.41) is 5.48. The van der Waals surface area contributed by atoms with Crippen molar-refractivity contribution >= 4 is 23.6 Å². The third-order valence-corrected chi connectivity index (χ3v) is 7.63. The predicted molar refractivity (Wildman–Crippen MR) is 177 cm³/mol. The quantitative estimate of drug-likeness (QED) is 0.105. The highest BCUT2D eigenvalue weighted by Gasteiger charge is 2.08. The Labute approximate surface area is 257 Å². The summed E-state index contributed by atoms with van der Waals surface area (Å²) in [6.45, 7) is 16.2. The van der Waals surface area contributed by atoms with Gasteiger partial charge in [0.15, 0.2) is 0 Å². The molecular weight excluding hydrogens is 528 g/mol. The topological polar surface area (TPSA) is 83.1 Å². The summed E-state index contributed by atoms with van der Waals surface area (Å²) in [6.07, 6.45) is 15.9. The first-order valence-electron chi connectivity index (χ1n) is 16.9. The summed E-state index contributed by atoms with van der Waals surface area (Å²) >= 11 is 0. The molecule has 1 rings (SSSR count). The smallest absolute Gasteiger partial charge is 0.411 e. The lowest BCUT2D eigenvalue weighted by molar-refractivity contribution is 0.156. The van der Waals surface area contributed by atoms with Crippen molar-refractivity contribution < 1.29 is 19.1 Å². The largest absolute Gasteiger partial charge is 0.449 e. The Bertz CT molecular complexity index is 725. The number of rotatable bonds is 26. The summed E-state index contributed by atoms with van der Waals surface area (Å²) in [4.78, 5) is 29.2. The number of hydrogen-bond donors (Lipinski definition) is 2. The SMILES string of the molecule is CCCCCCCN(CC)CCCCOC(=O)Nc1ccc(NC(=O)OCCCCN(CC)CCCCCCC)cc1. The molecule has 0 saturated carbocycles. The predicted octanol–water partition coefficient (Wildman–Crippen LogP) is 8.93. The number of hydrogen-bond acceptors (Lipinski definition) is 6. The Morgan fingerprint density at radius 3 is 1.19 bits per heavy atom. The molecule has 0 aliphatic carbocycles. The van der Waals surface area contributed by atoms with Crippen molar-refractivity contribution in [2.24, 2.45) is 0 Å². The van der Waals surface area contributed by atoms with E-state index in [1.807, 2.05) is 0 Å². The molecule has 0 aliphatic rings. The standard InChI is InChI=1S/C34H62N4O4/c1-5-9-11-13-15-25-37(7-3)27-17-19-29-41-33(39)35-31-21-23-32(24-22-31)36-34(40)42-30-20-18-28-38(8-4)26-16-14-12-10-6-2/h21-24H,5-20,25-30H2,1-4H3,(H,35,39)(H,36,40). The van der Waals surface area contributed by atoms with Gasteiger partial charge in [0.05, 0.1) is 13.2 Å². The minimum atomic E-state index is -0.462. The van der Waals surface area contributed by atoms with Crippen LogP contribution < -0.4 is 10.6 Å². The van der Waals surface area contributed by atoms with E-state index >= 15 is 0 Å². The van der Waals surface area contributed by atoms with Crippen LogP contribution in [0, 0.1) is 0 Å². The van der Waals surface area contributed by atoms with E-state index in [0.717, 1.165) is 65.0 Å². The molecule has 242 valence electrons. The van der Waals surface area contributed by atoms with Crippen molar-refractivity contribution in [2.45, 2.75) is 118 Å². The maximum atomic E-state index is 12.1. The zero-order chi connectivity index (χ0) is 30.7. The highest BCUT2D eigenvalue weighted by atomic mass is 16.6. The molecule has 1 aromatic carbocycles. The molecule has 2 amide bonds. The Morgan fingerprint density at radius 1 is 0.524 bits per heavy atom. The van der Waals surface area contributed by atoms with Crippen molar-refractivity contribution in [3.63, 3.8) is 0 Å². The number of nitrogens with zero attached hydrogens (tertiary/aromatic N) is 2. The van der Waals surface area contributed by atoms with Crippen molar-refractivity contribution in [3.05, 3.63) is 24.3 Å². The van der Waals surface area contributed by atoms with Gasteiger partial charge in [0.1, 0.15) is 0 Å². The number of amides is 2. The minimum absolute atomic E-state index is 0.404. The third-order valence-electron chi connectivity index (χ3n) is 7.63. The second-order valence-electron chi connectivity index (χ2n) is 11.2. The van der Waals surface area contributed by atoms with Gasteiger partial charge in [-0.2, -0.15) is 0 Å². The van der Waals surface area contributed by atoms with Gasteiger partial charge in [0.2, 0.25) is 0 Å². The summed E-state index contributed by atoms with van der Waals surface area (Å²) < 4.78 is 10.7. The lowest BCUT2D eigenvalue weighted by Crippen LogP contribution is -2.26. The summed E-state index contributed by atoms with van der Waals surface area (Å²) in [6, 6.07) is 6.94. The van der Waals surface area contributed by atoms with Crippen LogP contribution in [0.1, 0.15) is 118 Å². The second-order valence-corrected chi connectivity index (χ2v) is 11.2. The van der Waals surface area contributed by atoms with E-state index in [9.17, 15) is 9.59 Å². The van der Waals surface area contributed by atoms with Gasteiger partial charge < -0.3 is 19.3 Å². The Hall–Kier alpha value is -2.32. The molecule has 2 N–H and O–H groups in total. The summed E-state index contributed by atoms with van der Waals surface area (Å²) in [5.74, 6) is 0. The number of carbonyl (C=O) groups excluding carboxylic acids is 2. The Kier molecular flexibility index (Phi) is 23.6. The molecule has 8 heteroatoms. The molecule has 0 aromatic heterocycles. The van der Waals surface area contributed by atoms with E-state index in [2.05, 4.69) is 48.1 Å². The highest BCUT2D eigenvalue weighted by molar-refractivity contribution is 5.87. The zero-order valence-electron chi connectivity index (χ0n) is 27.4. The van der Waals surface area contributed by atoms with Crippen molar-refractivity contribution in [2.75, 3.05) is 63.1 Å².